The van der Waals surface area contributed by atoms with E-state index in [1.807, 2.05) is 5.32 Å². The predicted octanol–water partition coefficient (Wildman–Crippen LogP) is 2.43. The molecule has 33 heavy (non-hydrogen) atoms. The first-order chi connectivity index (χ1) is 17.2. The van der Waals surface area contributed by atoms with Crippen LogP contribution in [0.3, 0.4) is 0 Å². The van der Waals surface area contributed by atoms with Gasteiger partial charge in [0.2, 0.25) is 5.91 Å². The van der Waals surface area contributed by atoms with E-state index in [2.05, 4.69) is 31.6 Å². The molecule has 10 nitrogen and oxygen atoms in total. The minimum Gasteiger partial charge on any atom is -0.494 e. The Bertz CT molecular complexity index is 1340. The van der Waals surface area contributed by atoms with E-state index in [0.29, 0.717) is 22.8 Å². The van der Waals surface area contributed by atoms with Crippen molar-refractivity contribution in [3.8, 4) is 29.5 Å². The maximum atomic E-state index is 12.7. The third-order valence-corrected chi connectivity index (χ3v) is 4.98. The van der Waals surface area contributed by atoms with Crippen LogP contribution in [0.1, 0.15) is 27.3 Å². The normalized spacial score (nSPS) is 14.2. The number of methoxy groups -OCH3 is 1. The number of aromatic nitrogens is 4. The van der Waals surface area contributed by atoms with Crippen LogP contribution in [0.25, 0.3) is 11.4 Å². The van der Waals surface area contributed by atoms with E-state index < -0.39 is 12.9 Å². The zero-order valence-corrected chi connectivity index (χ0v) is 17.8. The number of nitrogens with one attached hydrogen (secondary N) is 3. The third kappa shape index (κ3) is 4.77. The number of carbonyl (C=O) groups excluding carboxylic acids is 2. The first-order valence-corrected chi connectivity index (χ1v) is 10.1. The largest absolute Gasteiger partial charge is 0.494 e. The first kappa shape index (κ1) is 18.2. The molecule has 4 rings (SSSR count). The standard InChI is InChI=1S/C23H23N7O3/c1-4-10-30-13-26-21(29-30)15-6-5-7-17(20(15)33-3)27-18-11-19(28-22(31)14-8-9-14)25-12-16(18)23(32)24-2/h1,5-7,11-14H,8-10H2,2-3H3,(H,24,32)(H2,25,27,28,31)/i2D3. The lowest BCUT2D eigenvalue weighted by Gasteiger charge is -2.16. The summed E-state index contributed by atoms with van der Waals surface area (Å²) in [6.07, 6.45) is 9.67. The van der Waals surface area contributed by atoms with Gasteiger partial charge >= 0.3 is 0 Å². The molecule has 2 heterocycles. The lowest BCUT2D eigenvalue weighted by atomic mass is 10.1. The molecule has 1 aliphatic carbocycles. The van der Waals surface area contributed by atoms with E-state index in [1.54, 1.807) is 18.2 Å². The van der Waals surface area contributed by atoms with E-state index in [1.165, 1.54) is 30.4 Å². The van der Waals surface area contributed by atoms with Crippen molar-refractivity contribution >= 4 is 29.0 Å². The van der Waals surface area contributed by atoms with Crippen LogP contribution in [0, 0.1) is 18.3 Å². The Labute approximate surface area is 195 Å². The van der Waals surface area contributed by atoms with Crippen molar-refractivity contribution in [2.75, 3.05) is 24.7 Å². The summed E-state index contributed by atoms with van der Waals surface area (Å²) < 4.78 is 29.2. The number of carbonyl (C=O) groups is 2. The molecule has 0 bridgehead atoms. The number of amides is 2. The lowest BCUT2D eigenvalue weighted by molar-refractivity contribution is -0.117. The molecule has 0 saturated heterocycles. The van der Waals surface area contributed by atoms with Gasteiger partial charge in [-0.25, -0.2) is 14.6 Å². The zero-order chi connectivity index (χ0) is 25.9. The number of nitrogens with zero attached hydrogens (tertiary/aromatic N) is 4. The summed E-state index contributed by atoms with van der Waals surface area (Å²) in [5.74, 6) is 2.36. The second-order valence-electron chi connectivity index (χ2n) is 7.31. The fourth-order valence-corrected chi connectivity index (χ4v) is 3.21. The third-order valence-electron chi connectivity index (χ3n) is 4.98. The Morgan fingerprint density at radius 2 is 2.18 bits per heavy atom. The van der Waals surface area contributed by atoms with Crippen LogP contribution in [0.4, 0.5) is 17.2 Å². The topological polar surface area (TPSA) is 123 Å². The van der Waals surface area contributed by atoms with Crippen molar-refractivity contribution < 1.29 is 18.4 Å². The maximum Gasteiger partial charge on any atom is 0.254 e. The number of terminal acetylenes is 1. The Morgan fingerprint density at radius 3 is 2.91 bits per heavy atom. The molecule has 0 unspecified atom stereocenters. The van der Waals surface area contributed by atoms with Crippen LogP contribution in [-0.2, 0) is 11.3 Å². The minimum absolute atomic E-state index is 0.0422. The van der Waals surface area contributed by atoms with Crippen molar-refractivity contribution in [1.29, 1.82) is 0 Å². The molecule has 168 valence electrons. The number of para-hydroxylation sites is 1. The Balaban J connectivity index is 1.71. The summed E-state index contributed by atoms with van der Waals surface area (Å²) in [6, 6.07) is 6.66. The molecule has 2 amide bonds. The summed E-state index contributed by atoms with van der Waals surface area (Å²) in [6.45, 7) is -2.45. The van der Waals surface area contributed by atoms with Crippen molar-refractivity contribution in [3.05, 3.63) is 42.4 Å². The second-order valence-corrected chi connectivity index (χ2v) is 7.31. The van der Waals surface area contributed by atoms with Gasteiger partial charge in [-0.15, -0.1) is 11.5 Å². The highest BCUT2D eigenvalue weighted by Gasteiger charge is 2.30. The summed E-state index contributed by atoms with van der Waals surface area (Å²) in [4.78, 5) is 33.4. The van der Waals surface area contributed by atoms with E-state index in [-0.39, 0.29) is 35.4 Å². The Hall–Kier alpha value is -4.39. The lowest BCUT2D eigenvalue weighted by Crippen LogP contribution is -2.20. The predicted molar refractivity (Wildman–Crippen MR) is 123 cm³/mol. The molecule has 3 N–H and O–H groups in total. The van der Waals surface area contributed by atoms with Crippen LogP contribution in [0.5, 0.6) is 5.75 Å². The van der Waals surface area contributed by atoms with Crippen LogP contribution in [0.15, 0.2) is 36.8 Å². The SMILES string of the molecule is [2H]C([2H])([2H])NC(=O)c1cnc(NC(=O)C2CC2)cc1Nc1cccc(-c2ncn(CC#C)n2)c1OC. The van der Waals surface area contributed by atoms with Crippen LogP contribution in [0.2, 0.25) is 0 Å². The van der Waals surface area contributed by atoms with Gasteiger partial charge in [0.25, 0.3) is 5.91 Å². The fourth-order valence-electron chi connectivity index (χ4n) is 3.21. The van der Waals surface area contributed by atoms with E-state index in [4.69, 9.17) is 15.3 Å². The van der Waals surface area contributed by atoms with Gasteiger partial charge in [0.15, 0.2) is 11.6 Å². The van der Waals surface area contributed by atoms with Crippen LogP contribution in [-0.4, -0.2) is 45.6 Å². The number of ether oxygens (including phenoxy) is 1. The molecule has 0 radical (unpaired) electrons. The smallest absolute Gasteiger partial charge is 0.254 e. The van der Waals surface area contributed by atoms with Gasteiger partial charge in [0.1, 0.15) is 18.7 Å². The van der Waals surface area contributed by atoms with Gasteiger partial charge in [-0.05, 0) is 25.0 Å². The molecule has 10 heteroatoms. The molecule has 0 spiro atoms. The van der Waals surface area contributed by atoms with Gasteiger partial charge in [-0.2, -0.15) is 0 Å². The number of rotatable bonds is 8. The quantitative estimate of drug-likeness (QED) is 0.452. The van der Waals surface area contributed by atoms with Crippen LogP contribution < -0.4 is 20.7 Å². The van der Waals surface area contributed by atoms with Gasteiger partial charge in [0, 0.05) is 29.3 Å². The van der Waals surface area contributed by atoms with Crippen molar-refractivity contribution in [2.24, 2.45) is 5.92 Å². The van der Waals surface area contributed by atoms with E-state index >= 15 is 0 Å². The molecular weight excluding hydrogens is 422 g/mol. The minimum atomic E-state index is -2.70. The number of benzene rings is 1. The molecule has 0 aliphatic heterocycles. The maximum absolute atomic E-state index is 12.7. The summed E-state index contributed by atoms with van der Waals surface area (Å²) in [7, 11) is 1.47. The summed E-state index contributed by atoms with van der Waals surface area (Å²) in [5, 5.41) is 12.1. The highest BCUT2D eigenvalue weighted by Crippen LogP contribution is 2.37. The summed E-state index contributed by atoms with van der Waals surface area (Å²) >= 11 is 0. The van der Waals surface area contributed by atoms with Crippen LogP contribution >= 0.6 is 0 Å². The molecule has 0 atom stereocenters. The van der Waals surface area contributed by atoms with Crippen molar-refractivity contribution in [3.63, 3.8) is 0 Å². The molecular formula is C23H23N7O3. The van der Waals surface area contributed by atoms with Gasteiger partial charge in [-0.1, -0.05) is 12.0 Å². The van der Waals surface area contributed by atoms with Crippen molar-refractivity contribution in [1.82, 2.24) is 25.1 Å². The van der Waals surface area contributed by atoms with E-state index in [0.717, 1.165) is 12.8 Å². The number of pyridine rings is 1. The monoisotopic (exact) mass is 448 g/mol. The molecule has 1 fully saturated rings. The zero-order valence-electron chi connectivity index (χ0n) is 20.8. The van der Waals surface area contributed by atoms with E-state index in [9.17, 15) is 9.59 Å². The van der Waals surface area contributed by atoms with Gasteiger partial charge in [0.05, 0.1) is 29.6 Å². The highest BCUT2D eigenvalue weighted by molar-refractivity contribution is 6.01. The Kier molecular flexibility index (Phi) is 5.19. The number of hydrogen-bond acceptors (Lipinski definition) is 7. The average molecular weight is 449 g/mol. The van der Waals surface area contributed by atoms with Gasteiger partial charge in [-0.3, -0.25) is 9.59 Å². The Morgan fingerprint density at radius 1 is 1.33 bits per heavy atom. The molecule has 2 aromatic heterocycles. The number of hydrogen-bond donors (Lipinski definition) is 3. The highest BCUT2D eigenvalue weighted by atomic mass is 16.5. The number of anilines is 3. The van der Waals surface area contributed by atoms with Crippen molar-refractivity contribution in [2.45, 2.75) is 19.4 Å². The average Bonchev–Trinajstić information content (AvgIpc) is 3.57. The summed E-state index contributed by atoms with van der Waals surface area (Å²) in [5.41, 5.74) is 1.17. The molecule has 1 aromatic carbocycles. The van der Waals surface area contributed by atoms with Gasteiger partial charge < -0.3 is 20.7 Å². The molecule has 1 saturated carbocycles. The molecule has 1 aliphatic rings. The molecule has 3 aromatic rings. The second kappa shape index (κ2) is 9.40. The fraction of sp³-hybridized carbons (Fsp3) is 0.261. The first-order valence-electron chi connectivity index (χ1n) is 11.6.